The zero-order chi connectivity index (χ0) is 14.9. The summed E-state index contributed by atoms with van der Waals surface area (Å²) in [6, 6.07) is 0. The van der Waals surface area contributed by atoms with E-state index in [1.807, 2.05) is 0 Å². The maximum atomic E-state index is 12.0. The molecular weight excluding hydrogens is 250 g/mol. The van der Waals surface area contributed by atoms with Crippen molar-refractivity contribution in [1.29, 1.82) is 0 Å². The van der Waals surface area contributed by atoms with Gasteiger partial charge in [-0.05, 0) is 13.8 Å². The standard InChI is InChI=1S/C13H19NO5/c1-5-8-9-13(14-10(4)15,11(16)18-6-2)12(17)19-7-3/h1H,6-9H2,2-4H3,(H,14,15). The highest BCUT2D eigenvalue weighted by Gasteiger charge is 2.49. The number of hydrogen-bond donors (Lipinski definition) is 1. The van der Waals surface area contributed by atoms with Crippen LogP contribution in [0.3, 0.4) is 0 Å². The van der Waals surface area contributed by atoms with Gasteiger partial charge >= 0.3 is 11.9 Å². The fourth-order valence-corrected chi connectivity index (χ4v) is 1.52. The molecule has 0 heterocycles. The first kappa shape index (κ1) is 17.0. The minimum Gasteiger partial charge on any atom is -0.464 e. The van der Waals surface area contributed by atoms with Gasteiger partial charge in [0, 0.05) is 19.8 Å². The number of amides is 1. The topological polar surface area (TPSA) is 81.7 Å². The van der Waals surface area contributed by atoms with Gasteiger partial charge in [-0.25, -0.2) is 9.59 Å². The number of rotatable bonds is 7. The van der Waals surface area contributed by atoms with E-state index in [0.29, 0.717) is 0 Å². The van der Waals surface area contributed by atoms with E-state index < -0.39 is 23.4 Å². The molecule has 106 valence electrons. The van der Waals surface area contributed by atoms with E-state index >= 15 is 0 Å². The summed E-state index contributed by atoms with van der Waals surface area (Å²) in [5.41, 5.74) is -1.87. The minimum absolute atomic E-state index is 0.0687. The number of carbonyl (C=O) groups is 3. The first-order valence-corrected chi connectivity index (χ1v) is 6.01. The molecule has 0 aromatic carbocycles. The lowest BCUT2D eigenvalue weighted by Crippen LogP contribution is -2.61. The Hall–Kier alpha value is -2.03. The second-order valence-electron chi connectivity index (χ2n) is 3.73. The van der Waals surface area contributed by atoms with E-state index in [0.717, 1.165) is 0 Å². The molecule has 6 heteroatoms. The Labute approximate surface area is 112 Å². The molecular formula is C13H19NO5. The molecule has 0 saturated carbocycles. The molecule has 0 saturated heterocycles. The molecule has 0 aromatic rings. The van der Waals surface area contributed by atoms with E-state index in [1.165, 1.54) is 6.92 Å². The Bertz CT molecular complexity index is 365. The summed E-state index contributed by atoms with van der Waals surface area (Å²) in [7, 11) is 0. The molecule has 0 spiro atoms. The first-order chi connectivity index (χ1) is 8.94. The number of esters is 2. The Morgan fingerprint density at radius 3 is 1.95 bits per heavy atom. The van der Waals surface area contributed by atoms with Crippen molar-refractivity contribution in [2.75, 3.05) is 13.2 Å². The summed E-state index contributed by atoms with van der Waals surface area (Å²) < 4.78 is 9.70. The number of ether oxygens (including phenoxy) is 2. The highest BCUT2D eigenvalue weighted by Crippen LogP contribution is 2.18. The van der Waals surface area contributed by atoms with Gasteiger partial charge in [0.2, 0.25) is 11.4 Å². The maximum Gasteiger partial charge on any atom is 0.343 e. The van der Waals surface area contributed by atoms with Crippen LogP contribution < -0.4 is 5.32 Å². The Morgan fingerprint density at radius 2 is 1.63 bits per heavy atom. The summed E-state index contributed by atoms with van der Waals surface area (Å²) in [5.74, 6) is 0.0556. The quantitative estimate of drug-likeness (QED) is 0.411. The van der Waals surface area contributed by atoms with Crippen LogP contribution in [0.15, 0.2) is 0 Å². The second-order valence-corrected chi connectivity index (χ2v) is 3.73. The fourth-order valence-electron chi connectivity index (χ4n) is 1.52. The largest absolute Gasteiger partial charge is 0.464 e. The minimum atomic E-state index is -1.87. The molecule has 1 amide bonds. The first-order valence-electron chi connectivity index (χ1n) is 6.01. The normalized spacial score (nSPS) is 10.2. The Kier molecular flexibility index (Phi) is 7.27. The van der Waals surface area contributed by atoms with Crippen LogP contribution in [-0.2, 0) is 23.9 Å². The zero-order valence-electron chi connectivity index (χ0n) is 11.4. The molecule has 19 heavy (non-hydrogen) atoms. The molecule has 0 rings (SSSR count). The van der Waals surface area contributed by atoms with Gasteiger partial charge in [-0.2, -0.15) is 0 Å². The van der Waals surface area contributed by atoms with Crippen molar-refractivity contribution in [2.24, 2.45) is 0 Å². The third-order valence-corrected chi connectivity index (χ3v) is 2.28. The lowest BCUT2D eigenvalue weighted by molar-refractivity contribution is -0.168. The number of hydrogen-bond acceptors (Lipinski definition) is 5. The molecule has 0 aliphatic heterocycles. The van der Waals surface area contributed by atoms with E-state index in [1.54, 1.807) is 13.8 Å². The van der Waals surface area contributed by atoms with Crippen LogP contribution in [0, 0.1) is 12.3 Å². The van der Waals surface area contributed by atoms with Crippen LogP contribution in [0.25, 0.3) is 0 Å². The van der Waals surface area contributed by atoms with E-state index in [-0.39, 0.29) is 26.1 Å². The van der Waals surface area contributed by atoms with Crippen molar-refractivity contribution in [3.8, 4) is 12.3 Å². The van der Waals surface area contributed by atoms with Gasteiger partial charge in [0.05, 0.1) is 13.2 Å². The number of carbonyl (C=O) groups excluding carboxylic acids is 3. The average Bonchev–Trinajstić information content (AvgIpc) is 2.34. The van der Waals surface area contributed by atoms with Crippen LogP contribution >= 0.6 is 0 Å². The maximum absolute atomic E-state index is 12.0. The fraction of sp³-hybridized carbons (Fsp3) is 0.615. The molecule has 1 N–H and O–H groups in total. The van der Waals surface area contributed by atoms with Crippen molar-refractivity contribution in [2.45, 2.75) is 39.2 Å². The molecule has 6 nitrogen and oxygen atoms in total. The molecule has 0 aromatic heterocycles. The van der Waals surface area contributed by atoms with Gasteiger partial charge in [-0.15, -0.1) is 12.3 Å². The van der Waals surface area contributed by atoms with E-state index in [2.05, 4.69) is 11.2 Å². The third-order valence-electron chi connectivity index (χ3n) is 2.28. The number of nitrogens with one attached hydrogen (secondary N) is 1. The molecule has 0 aliphatic carbocycles. The van der Waals surface area contributed by atoms with E-state index in [9.17, 15) is 14.4 Å². The van der Waals surface area contributed by atoms with Gasteiger partial charge in [0.15, 0.2) is 0 Å². The van der Waals surface area contributed by atoms with Crippen LogP contribution in [-0.4, -0.2) is 36.6 Å². The van der Waals surface area contributed by atoms with Crippen molar-refractivity contribution >= 4 is 17.8 Å². The summed E-state index contributed by atoms with van der Waals surface area (Å²) in [6.45, 7) is 4.56. The van der Waals surface area contributed by atoms with Crippen LogP contribution in [0.5, 0.6) is 0 Å². The van der Waals surface area contributed by atoms with Crippen LogP contribution in [0.4, 0.5) is 0 Å². The monoisotopic (exact) mass is 269 g/mol. The third kappa shape index (κ3) is 4.62. The van der Waals surface area contributed by atoms with Gasteiger partial charge in [0.1, 0.15) is 0 Å². The summed E-state index contributed by atoms with van der Waals surface area (Å²) >= 11 is 0. The zero-order valence-corrected chi connectivity index (χ0v) is 11.4. The molecule has 0 unspecified atom stereocenters. The van der Waals surface area contributed by atoms with Crippen molar-refractivity contribution in [3.63, 3.8) is 0 Å². The van der Waals surface area contributed by atoms with Crippen LogP contribution in [0.1, 0.15) is 33.6 Å². The lowest BCUT2D eigenvalue weighted by Gasteiger charge is -2.29. The Balaban J connectivity index is 5.42. The predicted octanol–water partition coefficient (Wildman–Crippen LogP) is 0.401. The molecule has 0 aliphatic rings. The summed E-state index contributed by atoms with van der Waals surface area (Å²) in [4.78, 5) is 35.3. The molecule has 0 atom stereocenters. The molecule has 0 bridgehead atoms. The molecule has 0 radical (unpaired) electrons. The van der Waals surface area contributed by atoms with Crippen molar-refractivity contribution in [1.82, 2.24) is 5.32 Å². The highest BCUT2D eigenvalue weighted by atomic mass is 16.6. The van der Waals surface area contributed by atoms with Gasteiger partial charge < -0.3 is 14.8 Å². The highest BCUT2D eigenvalue weighted by molar-refractivity contribution is 6.07. The number of terminal acetylenes is 1. The predicted molar refractivity (Wildman–Crippen MR) is 67.9 cm³/mol. The van der Waals surface area contributed by atoms with Gasteiger partial charge in [-0.1, -0.05) is 0 Å². The van der Waals surface area contributed by atoms with Gasteiger partial charge in [-0.3, -0.25) is 4.79 Å². The summed E-state index contributed by atoms with van der Waals surface area (Å²) in [5, 5.41) is 2.31. The lowest BCUT2D eigenvalue weighted by atomic mass is 9.93. The molecule has 0 fully saturated rings. The van der Waals surface area contributed by atoms with Crippen molar-refractivity contribution < 1.29 is 23.9 Å². The Morgan fingerprint density at radius 1 is 1.16 bits per heavy atom. The smallest absolute Gasteiger partial charge is 0.343 e. The SMILES string of the molecule is C#CCCC(NC(C)=O)(C(=O)OCC)C(=O)OCC. The summed E-state index contributed by atoms with van der Waals surface area (Å²) in [6.07, 6.45) is 5.20. The van der Waals surface area contributed by atoms with E-state index in [4.69, 9.17) is 15.9 Å². The average molecular weight is 269 g/mol. The van der Waals surface area contributed by atoms with Gasteiger partial charge in [0.25, 0.3) is 0 Å². The van der Waals surface area contributed by atoms with Crippen molar-refractivity contribution in [3.05, 3.63) is 0 Å². The second kappa shape index (κ2) is 8.14. The van der Waals surface area contributed by atoms with Crippen LogP contribution in [0.2, 0.25) is 0 Å².